The van der Waals surface area contributed by atoms with Crippen molar-refractivity contribution in [3.63, 3.8) is 0 Å². The first-order valence-electron chi connectivity index (χ1n) is 8.64. The lowest BCUT2D eigenvalue weighted by atomic mass is 9.98. The molecule has 1 saturated carbocycles. The average Bonchev–Trinajstić information content (AvgIpc) is 3.04. The smallest absolute Gasteiger partial charge is 0.133 e. The molecule has 0 amide bonds. The highest BCUT2D eigenvalue weighted by Crippen LogP contribution is 2.42. The van der Waals surface area contributed by atoms with Gasteiger partial charge in [-0.2, -0.15) is 0 Å². The Kier molecular flexibility index (Phi) is 5.44. The first-order valence-corrected chi connectivity index (χ1v) is 8.64. The number of Topliss-reactive ketones (excluding diaryl/α,β-unsaturated/α-hetero) is 1. The number of ketones is 1. The molecule has 0 N–H and O–H groups in total. The fourth-order valence-electron chi connectivity index (χ4n) is 3.77. The Balaban J connectivity index is 1.23. The monoisotopic (exact) mass is 298 g/mol. The molecule has 3 rings (SSSR count). The normalized spacial score (nSPS) is 23.6. The summed E-state index contributed by atoms with van der Waals surface area (Å²) in [4.78, 5) is 11.4. The summed E-state index contributed by atoms with van der Waals surface area (Å²) in [6.45, 7) is 1.58. The van der Waals surface area contributed by atoms with Crippen molar-refractivity contribution in [3.05, 3.63) is 47.5 Å². The summed E-state index contributed by atoms with van der Waals surface area (Å²) in [5.41, 5.74) is 2.85. The summed E-state index contributed by atoms with van der Waals surface area (Å²) in [7, 11) is 0. The summed E-state index contributed by atoms with van der Waals surface area (Å²) in [5, 5.41) is 0. The molecule has 0 heterocycles. The molecule has 0 aliphatic heterocycles. The van der Waals surface area contributed by atoms with Crippen molar-refractivity contribution in [2.75, 3.05) is 6.61 Å². The van der Waals surface area contributed by atoms with Crippen molar-refractivity contribution >= 4 is 5.78 Å². The minimum atomic E-state index is 0.473. The zero-order chi connectivity index (χ0) is 15.2. The van der Waals surface area contributed by atoms with Crippen molar-refractivity contribution < 1.29 is 9.53 Å². The molecule has 0 radical (unpaired) electrons. The number of ether oxygens (including phenoxy) is 1. The van der Waals surface area contributed by atoms with Gasteiger partial charge in [0.25, 0.3) is 0 Å². The van der Waals surface area contributed by atoms with Crippen LogP contribution in [0.15, 0.2) is 42.0 Å². The first kappa shape index (κ1) is 15.5. The van der Waals surface area contributed by atoms with Gasteiger partial charge in [-0.05, 0) is 43.1 Å². The van der Waals surface area contributed by atoms with Gasteiger partial charge in [0.05, 0.1) is 6.61 Å². The van der Waals surface area contributed by atoms with Gasteiger partial charge in [0.15, 0.2) is 0 Å². The highest BCUT2D eigenvalue weighted by molar-refractivity contribution is 5.82. The van der Waals surface area contributed by atoms with Gasteiger partial charge >= 0.3 is 0 Å². The molecule has 1 aromatic rings. The Bertz CT molecular complexity index is 518. The Labute approximate surface area is 133 Å². The van der Waals surface area contributed by atoms with E-state index >= 15 is 0 Å². The molecule has 0 aromatic heterocycles. The van der Waals surface area contributed by atoms with Gasteiger partial charge in [0.2, 0.25) is 0 Å². The third kappa shape index (κ3) is 4.30. The molecule has 1 fully saturated rings. The molecule has 0 spiro atoms. The average molecular weight is 298 g/mol. The van der Waals surface area contributed by atoms with Crippen molar-refractivity contribution in [1.82, 2.24) is 0 Å². The summed E-state index contributed by atoms with van der Waals surface area (Å²) >= 11 is 0. The van der Waals surface area contributed by atoms with Gasteiger partial charge in [0, 0.05) is 19.4 Å². The number of hydrogen-bond donors (Lipinski definition) is 0. The standard InChI is InChI=1S/C20H26O2/c21-20-13-18-11-17(12-19(18)14-20)9-5-2-6-10-22-15-16-7-3-1-4-8-16/h1,3-4,7-8,11,18-19H,2,5-6,9-10,12-15H2. The number of allylic oxidation sites excluding steroid dienone is 2. The third-order valence-electron chi connectivity index (χ3n) is 4.93. The van der Waals surface area contributed by atoms with Crippen LogP contribution in [0.1, 0.15) is 50.5 Å². The van der Waals surface area contributed by atoms with Gasteiger partial charge in [-0.15, -0.1) is 0 Å². The van der Waals surface area contributed by atoms with Crippen LogP contribution in [0.3, 0.4) is 0 Å². The third-order valence-corrected chi connectivity index (χ3v) is 4.93. The van der Waals surface area contributed by atoms with Gasteiger partial charge in [0.1, 0.15) is 5.78 Å². The topological polar surface area (TPSA) is 26.3 Å². The lowest BCUT2D eigenvalue weighted by molar-refractivity contribution is -0.117. The van der Waals surface area contributed by atoms with E-state index in [1.165, 1.54) is 31.2 Å². The lowest BCUT2D eigenvalue weighted by Crippen LogP contribution is -1.97. The Hall–Kier alpha value is -1.41. The summed E-state index contributed by atoms with van der Waals surface area (Å²) in [6, 6.07) is 10.3. The van der Waals surface area contributed by atoms with Crippen LogP contribution in [0.4, 0.5) is 0 Å². The van der Waals surface area contributed by atoms with Crippen molar-refractivity contribution in [3.8, 4) is 0 Å². The molecule has 2 aliphatic rings. The highest BCUT2D eigenvalue weighted by atomic mass is 16.5. The van der Waals surface area contributed by atoms with Crippen LogP contribution in [0, 0.1) is 11.8 Å². The largest absolute Gasteiger partial charge is 0.377 e. The van der Waals surface area contributed by atoms with Crippen LogP contribution in [-0.4, -0.2) is 12.4 Å². The quantitative estimate of drug-likeness (QED) is 0.514. The second kappa shape index (κ2) is 7.73. The molecule has 118 valence electrons. The highest BCUT2D eigenvalue weighted by Gasteiger charge is 2.35. The van der Waals surface area contributed by atoms with Gasteiger partial charge in [-0.1, -0.05) is 48.4 Å². The van der Waals surface area contributed by atoms with Crippen LogP contribution in [0.2, 0.25) is 0 Å². The van der Waals surface area contributed by atoms with E-state index in [0.717, 1.165) is 32.5 Å². The maximum atomic E-state index is 11.4. The van der Waals surface area contributed by atoms with Gasteiger partial charge in [-0.3, -0.25) is 4.79 Å². The molecule has 0 saturated heterocycles. The summed E-state index contributed by atoms with van der Waals surface area (Å²) in [5.74, 6) is 1.70. The van der Waals surface area contributed by atoms with Gasteiger partial charge < -0.3 is 4.74 Å². The van der Waals surface area contributed by atoms with E-state index in [1.807, 2.05) is 6.07 Å². The van der Waals surface area contributed by atoms with E-state index in [4.69, 9.17) is 4.74 Å². The Morgan fingerprint density at radius 1 is 1.00 bits per heavy atom. The van der Waals surface area contributed by atoms with Crippen LogP contribution < -0.4 is 0 Å². The molecule has 1 aromatic carbocycles. The van der Waals surface area contributed by atoms with E-state index in [9.17, 15) is 4.79 Å². The van der Waals surface area contributed by atoms with Gasteiger partial charge in [-0.25, -0.2) is 0 Å². The number of carbonyl (C=O) groups excluding carboxylic acids is 1. The SMILES string of the molecule is O=C1CC2C=C(CCCCCOCc3ccccc3)CC2C1. The van der Waals surface area contributed by atoms with E-state index in [2.05, 4.69) is 30.3 Å². The molecule has 2 aliphatic carbocycles. The second-order valence-corrected chi connectivity index (χ2v) is 6.75. The lowest BCUT2D eigenvalue weighted by Gasteiger charge is -2.07. The Morgan fingerprint density at radius 2 is 1.86 bits per heavy atom. The summed E-state index contributed by atoms with van der Waals surface area (Å²) in [6.07, 6.45) is 10.1. The van der Waals surface area contributed by atoms with Crippen LogP contribution in [0.25, 0.3) is 0 Å². The fourth-order valence-corrected chi connectivity index (χ4v) is 3.77. The molecule has 0 bridgehead atoms. The van der Waals surface area contributed by atoms with E-state index < -0.39 is 0 Å². The fraction of sp³-hybridized carbons (Fsp3) is 0.550. The number of hydrogen-bond acceptors (Lipinski definition) is 2. The maximum Gasteiger partial charge on any atom is 0.133 e. The number of rotatable bonds is 8. The predicted molar refractivity (Wildman–Crippen MR) is 88.5 cm³/mol. The van der Waals surface area contributed by atoms with E-state index in [1.54, 1.807) is 5.57 Å². The van der Waals surface area contributed by atoms with Crippen LogP contribution >= 0.6 is 0 Å². The minimum Gasteiger partial charge on any atom is -0.377 e. The zero-order valence-corrected chi connectivity index (χ0v) is 13.3. The number of fused-ring (bicyclic) bond motifs is 1. The van der Waals surface area contributed by atoms with Crippen molar-refractivity contribution in [2.45, 2.75) is 51.6 Å². The zero-order valence-electron chi connectivity index (χ0n) is 13.3. The number of carbonyl (C=O) groups is 1. The molecule has 2 unspecified atom stereocenters. The molecule has 22 heavy (non-hydrogen) atoms. The van der Waals surface area contributed by atoms with Crippen molar-refractivity contribution in [1.29, 1.82) is 0 Å². The first-order chi connectivity index (χ1) is 10.8. The van der Waals surface area contributed by atoms with Crippen molar-refractivity contribution in [2.24, 2.45) is 11.8 Å². The predicted octanol–water partition coefficient (Wildman–Crippen LogP) is 4.69. The molecular weight excluding hydrogens is 272 g/mol. The molecule has 2 heteroatoms. The minimum absolute atomic E-state index is 0.473. The molecular formula is C20H26O2. The molecule has 2 nitrogen and oxygen atoms in total. The van der Waals surface area contributed by atoms with Crippen LogP contribution in [0.5, 0.6) is 0 Å². The summed E-state index contributed by atoms with van der Waals surface area (Å²) < 4.78 is 5.71. The maximum absolute atomic E-state index is 11.4. The van der Waals surface area contributed by atoms with Crippen LogP contribution in [-0.2, 0) is 16.1 Å². The second-order valence-electron chi connectivity index (χ2n) is 6.75. The molecule has 2 atom stereocenters. The number of unbranched alkanes of at least 4 members (excludes halogenated alkanes) is 2. The van der Waals surface area contributed by atoms with E-state index in [0.29, 0.717) is 17.6 Å². The van der Waals surface area contributed by atoms with E-state index in [-0.39, 0.29) is 0 Å². The Morgan fingerprint density at radius 3 is 2.68 bits per heavy atom. The number of benzene rings is 1.